The molecule has 5 N–H and O–H groups in total. The Hall–Kier alpha value is -2.95. The van der Waals surface area contributed by atoms with Gasteiger partial charge >= 0.3 is 6.09 Å². The first-order valence-corrected chi connectivity index (χ1v) is 12.3. The van der Waals surface area contributed by atoms with Gasteiger partial charge in [-0.25, -0.2) is 18.2 Å². The summed E-state index contributed by atoms with van der Waals surface area (Å²) in [5.41, 5.74) is 2.16. The van der Waals surface area contributed by atoms with Crippen molar-refractivity contribution in [1.29, 1.82) is 0 Å². The summed E-state index contributed by atoms with van der Waals surface area (Å²) in [6, 6.07) is 13.1. The van der Waals surface area contributed by atoms with Gasteiger partial charge in [-0.3, -0.25) is 5.32 Å². The lowest BCUT2D eigenvalue weighted by Gasteiger charge is -2.27. The molecule has 9 nitrogen and oxygen atoms in total. The number of imidazole rings is 1. The number of nitrogens with zero attached hydrogens (tertiary/aromatic N) is 1. The fourth-order valence-electron chi connectivity index (χ4n) is 3.83. The van der Waals surface area contributed by atoms with E-state index in [9.17, 15) is 23.4 Å². The van der Waals surface area contributed by atoms with E-state index in [-0.39, 0.29) is 23.8 Å². The highest BCUT2D eigenvalue weighted by molar-refractivity contribution is 7.92. The minimum Gasteiger partial charge on any atom is -0.465 e. The van der Waals surface area contributed by atoms with Gasteiger partial charge in [0, 0.05) is 6.54 Å². The molecule has 33 heavy (non-hydrogen) atoms. The number of aliphatic hydroxyl groups is 1. The molecule has 1 aromatic heterocycles. The number of aromatic nitrogens is 2. The number of fused-ring (bicyclic) bond motifs is 1. The van der Waals surface area contributed by atoms with Crippen molar-refractivity contribution in [1.82, 2.24) is 20.6 Å². The number of hydrogen-bond donors (Lipinski definition) is 5. The molecular weight excluding hydrogens is 444 g/mol. The number of hydrogen-bond acceptors (Lipinski definition) is 6. The molecular formula is C23H30N4O5S. The number of carbonyl (C=O) groups is 1. The average molecular weight is 475 g/mol. The second kappa shape index (κ2) is 10.3. The van der Waals surface area contributed by atoms with Crippen molar-refractivity contribution < 1.29 is 23.4 Å². The SMILES string of the molecule is Cc1nc2ccc(S(=O)(=O)C(NC[C@@H](O)[C@H](Cc3ccccc3)NC(=O)O)C(C)C)cc2[nH]1. The molecule has 0 radical (unpaired) electrons. The average Bonchev–Trinajstić information content (AvgIpc) is 3.12. The van der Waals surface area contributed by atoms with Crippen LogP contribution < -0.4 is 10.6 Å². The number of amides is 1. The second-order valence-corrected chi connectivity index (χ2v) is 10.5. The molecule has 2 aromatic carbocycles. The summed E-state index contributed by atoms with van der Waals surface area (Å²) in [6.45, 7) is 5.24. The lowest BCUT2D eigenvalue weighted by Crippen LogP contribution is -2.51. The number of aromatic amines is 1. The maximum Gasteiger partial charge on any atom is 0.404 e. The van der Waals surface area contributed by atoms with Crippen molar-refractivity contribution in [2.45, 2.75) is 49.6 Å². The maximum atomic E-state index is 13.4. The van der Waals surface area contributed by atoms with Gasteiger partial charge in [0.05, 0.1) is 28.1 Å². The van der Waals surface area contributed by atoms with Crippen molar-refractivity contribution in [3.63, 3.8) is 0 Å². The van der Waals surface area contributed by atoms with Gasteiger partial charge < -0.3 is 20.5 Å². The van der Waals surface area contributed by atoms with Crippen molar-refractivity contribution in [2.75, 3.05) is 6.54 Å². The second-order valence-electron chi connectivity index (χ2n) is 8.43. The van der Waals surface area contributed by atoms with E-state index in [4.69, 9.17) is 0 Å². The number of rotatable bonds is 10. The monoisotopic (exact) mass is 474 g/mol. The molecule has 1 heterocycles. The molecule has 10 heteroatoms. The van der Waals surface area contributed by atoms with Crippen LogP contribution in [-0.2, 0) is 16.3 Å². The van der Waals surface area contributed by atoms with Crippen molar-refractivity contribution in [3.8, 4) is 0 Å². The number of aliphatic hydroxyl groups excluding tert-OH is 1. The van der Waals surface area contributed by atoms with E-state index in [0.29, 0.717) is 16.9 Å². The van der Waals surface area contributed by atoms with Crippen LogP contribution >= 0.6 is 0 Å². The summed E-state index contributed by atoms with van der Waals surface area (Å²) in [5, 5.41) is 24.2. The van der Waals surface area contributed by atoms with E-state index >= 15 is 0 Å². The highest BCUT2D eigenvalue weighted by atomic mass is 32.2. The molecule has 0 aliphatic heterocycles. The lowest BCUT2D eigenvalue weighted by molar-refractivity contribution is 0.116. The topological polar surface area (TPSA) is 144 Å². The van der Waals surface area contributed by atoms with Gasteiger partial charge in [0.2, 0.25) is 0 Å². The number of benzene rings is 2. The van der Waals surface area contributed by atoms with Crippen LogP contribution in [0.15, 0.2) is 53.4 Å². The fourth-order valence-corrected chi connectivity index (χ4v) is 5.70. The van der Waals surface area contributed by atoms with E-state index < -0.39 is 33.5 Å². The molecule has 0 spiro atoms. The van der Waals surface area contributed by atoms with Crippen molar-refractivity contribution >= 4 is 27.0 Å². The molecule has 178 valence electrons. The molecule has 3 atom stereocenters. The third-order valence-corrected chi connectivity index (χ3v) is 7.73. The third kappa shape index (κ3) is 6.10. The van der Waals surface area contributed by atoms with Crippen molar-refractivity contribution in [3.05, 3.63) is 59.9 Å². The number of nitrogens with one attached hydrogen (secondary N) is 3. The Balaban J connectivity index is 1.77. The molecule has 3 aromatic rings. The minimum atomic E-state index is -3.79. The zero-order chi connectivity index (χ0) is 24.2. The van der Waals surface area contributed by atoms with Crippen LogP contribution in [0.2, 0.25) is 0 Å². The van der Waals surface area contributed by atoms with E-state index in [2.05, 4.69) is 20.6 Å². The first-order valence-electron chi connectivity index (χ1n) is 10.7. The van der Waals surface area contributed by atoms with Crippen LogP contribution in [-0.4, -0.2) is 58.8 Å². The molecule has 3 rings (SSSR count). The van der Waals surface area contributed by atoms with Gasteiger partial charge in [0.1, 0.15) is 11.2 Å². The molecule has 1 unspecified atom stereocenters. The summed E-state index contributed by atoms with van der Waals surface area (Å²) in [5.74, 6) is 0.387. The minimum absolute atomic E-state index is 0.106. The van der Waals surface area contributed by atoms with Crippen LogP contribution in [0.25, 0.3) is 11.0 Å². The first-order chi connectivity index (χ1) is 15.6. The Morgan fingerprint density at radius 3 is 2.48 bits per heavy atom. The summed E-state index contributed by atoms with van der Waals surface area (Å²) in [4.78, 5) is 18.7. The Bertz CT molecular complexity index is 1190. The Morgan fingerprint density at radius 2 is 1.85 bits per heavy atom. The van der Waals surface area contributed by atoms with Crippen LogP contribution in [0, 0.1) is 12.8 Å². The summed E-state index contributed by atoms with van der Waals surface area (Å²) < 4.78 is 26.8. The van der Waals surface area contributed by atoms with Gasteiger partial charge in [0.15, 0.2) is 9.84 Å². The molecule has 0 aliphatic carbocycles. The fraction of sp³-hybridized carbons (Fsp3) is 0.391. The molecule has 0 aliphatic rings. The highest BCUT2D eigenvalue weighted by Crippen LogP contribution is 2.23. The van der Waals surface area contributed by atoms with Crippen LogP contribution in [0.3, 0.4) is 0 Å². The zero-order valence-corrected chi connectivity index (χ0v) is 19.6. The summed E-state index contributed by atoms with van der Waals surface area (Å²) >= 11 is 0. The van der Waals surface area contributed by atoms with Gasteiger partial charge in [-0.05, 0) is 43.0 Å². The van der Waals surface area contributed by atoms with E-state index in [1.807, 2.05) is 30.3 Å². The number of carboxylic acid groups (broad SMARTS) is 1. The molecule has 0 saturated heterocycles. The smallest absolute Gasteiger partial charge is 0.404 e. The molecule has 0 saturated carbocycles. The first kappa shape index (κ1) is 24.7. The maximum absolute atomic E-state index is 13.4. The van der Waals surface area contributed by atoms with Crippen molar-refractivity contribution in [2.24, 2.45) is 5.92 Å². The van der Waals surface area contributed by atoms with Gasteiger partial charge in [-0.15, -0.1) is 0 Å². The van der Waals surface area contributed by atoms with E-state index in [0.717, 1.165) is 5.56 Å². The predicted octanol–water partition coefficient (Wildman–Crippen LogP) is 2.46. The molecule has 0 bridgehead atoms. The van der Waals surface area contributed by atoms with Crippen LogP contribution in [0.1, 0.15) is 25.2 Å². The number of aryl methyl sites for hydroxylation is 1. The normalized spacial score (nSPS) is 14.8. The summed E-state index contributed by atoms with van der Waals surface area (Å²) in [6.07, 6.45) is -2.13. The lowest BCUT2D eigenvalue weighted by atomic mass is 10.0. The third-order valence-electron chi connectivity index (χ3n) is 5.44. The standard InChI is InChI=1S/C23H30N4O5S/c1-14(2)22(33(31,32)17-9-10-18-19(12-17)26-15(3)25-18)24-13-21(28)20(27-23(29)30)11-16-7-5-4-6-8-16/h4-10,12,14,20-22,24,27-28H,11,13H2,1-3H3,(H,25,26)(H,29,30)/t20-,21+,22?/m0/s1. The molecule has 1 amide bonds. The zero-order valence-electron chi connectivity index (χ0n) is 18.8. The number of sulfone groups is 1. The van der Waals surface area contributed by atoms with Crippen LogP contribution in [0.5, 0.6) is 0 Å². The highest BCUT2D eigenvalue weighted by Gasteiger charge is 2.32. The predicted molar refractivity (Wildman–Crippen MR) is 126 cm³/mol. The number of H-pyrrole nitrogens is 1. The summed E-state index contributed by atoms with van der Waals surface area (Å²) in [7, 11) is -3.79. The van der Waals surface area contributed by atoms with Crippen LogP contribution in [0.4, 0.5) is 4.79 Å². The quantitative estimate of drug-likeness (QED) is 0.303. The van der Waals surface area contributed by atoms with Gasteiger partial charge in [-0.1, -0.05) is 44.2 Å². The van der Waals surface area contributed by atoms with Gasteiger partial charge in [-0.2, -0.15) is 0 Å². The Kier molecular flexibility index (Phi) is 7.72. The van der Waals surface area contributed by atoms with E-state index in [1.165, 1.54) is 6.07 Å². The van der Waals surface area contributed by atoms with Gasteiger partial charge in [0.25, 0.3) is 0 Å². The largest absolute Gasteiger partial charge is 0.465 e. The Morgan fingerprint density at radius 1 is 1.15 bits per heavy atom. The molecule has 0 fully saturated rings. The van der Waals surface area contributed by atoms with E-state index in [1.54, 1.807) is 32.9 Å². The Labute approximate surface area is 193 Å².